The number of carbonyl (C=O) groups is 2. The molecule has 0 aromatic heterocycles. The third-order valence-electron chi connectivity index (χ3n) is 2.87. The summed E-state index contributed by atoms with van der Waals surface area (Å²) in [6, 6.07) is 0. The fourth-order valence-corrected chi connectivity index (χ4v) is 1.92. The number of carbonyl (C=O) groups excluding carboxylic acids is 1. The number of hydrogen-bond acceptors (Lipinski definition) is 4. The Morgan fingerprint density at radius 1 is 1.22 bits per heavy atom. The van der Waals surface area contributed by atoms with Gasteiger partial charge in [0.2, 0.25) is 5.91 Å². The average Bonchev–Trinajstić information content (AvgIpc) is 2.38. The molecule has 0 spiro atoms. The van der Waals surface area contributed by atoms with E-state index in [1.165, 1.54) is 0 Å². The van der Waals surface area contributed by atoms with Crippen LogP contribution in [0.1, 0.15) is 12.8 Å². The number of allylic oxidation sites excluding steroid dienone is 2. The molecule has 6 nitrogen and oxygen atoms in total. The van der Waals surface area contributed by atoms with Crippen LogP contribution in [0.5, 0.6) is 0 Å². The molecule has 6 heteroatoms. The molecule has 1 aliphatic carbocycles. The Bertz CT molecular complexity index is 316. The van der Waals surface area contributed by atoms with Gasteiger partial charge in [-0.25, -0.2) is 0 Å². The molecule has 0 heterocycles. The predicted molar refractivity (Wildman–Crippen MR) is 63.9 cm³/mol. The minimum absolute atomic E-state index is 0.0531. The number of aliphatic carboxylic acids is 1. The minimum Gasteiger partial charge on any atom is -0.481 e. The number of carboxylic acids is 1. The van der Waals surface area contributed by atoms with Gasteiger partial charge in [-0.2, -0.15) is 0 Å². The van der Waals surface area contributed by atoms with Gasteiger partial charge in [0.15, 0.2) is 0 Å². The van der Waals surface area contributed by atoms with Crippen LogP contribution >= 0.6 is 0 Å². The molecule has 0 aliphatic heterocycles. The van der Waals surface area contributed by atoms with Crippen molar-refractivity contribution in [1.82, 2.24) is 5.32 Å². The van der Waals surface area contributed by atoms with E-state index in [4.69, 9.17) is 14.9 Å². The first-order valence-electron chi connectivity index (χ1n) is 6.01. The lowest BCUT2D eigenvalue weighted by atomic mass is 9.82. The molecule has 0 aromatic rings. The van der Waals surface area contributed by atoms with Gasteiger partial charge in [0, 0.05) is 6.54 Å². The summed E-state index contributed by atoms with van der Waals surface area (Å²) in [5.41, 5.74) is 0. The maximum absolute atomic E-state index is 11.8. The van der Waals surface area contributed by atoms with Crippen LogP contribution in [0.25, 0.3) is 0 Å². The molecular weight excluding hydrogens is 238 g/mol. The first-order chi connectivity index (χ1) is 8.66. The number of hydrogen-bond donors (Lipinski definition) is 3. The van der Waals surface area contributed by atoms with Crippen molar-refractivity contribution < 1.29 is 24.5 Å². The molecular formula is C12H19NO5. The summed E-state index contributed by atoms with van der Waals surface area (Å²) in [7, 11) is 0. The number of carboxylic acid groups (broad SMARTS) is 1. The van der Waals surface area contributed by atoms with Crippen LogP contribution in [0.4, 0.5) is 0 Å². The van der Waals surface area contributed by atoms with Crippen molar-refractivity contribution in [2.45, 2.75) is 12.8 Å². The fourth-order valence-electron chi connectivity index (χ4n) is 1.92. The van der Waals surface area contributed by atoms with Crippen LogP contribution in [0, 0.1) is 11.8 Å². The smallest absolute Gasteiger partial charge is 0.307 e. The van der Waals surface area contributed by atoms with Crippen LogP contribution in [-0.2, 0) is 14.3 Å². The summed E-state index contributed by atoms with van der Waals surface area (Å²) in [6.45, 7) is 0.820. The molecule has 0 radical (unpaired) electrons. The molecule has 1 rings (SSSR count). The molecule has 18 heavy (non-hydrogen) atoms. The highest BCUT2D eigenvalue weighted by molar-refractivity contribution is 5.85. The van der Waals surface area contributed by atoms with E-state index < -0.39 is 17.8 Å². The molecule has 102 valence electrons. The Kier molecular flexibility index (Phi) is 6.38. The van der Waals surface area contributed by atoms with Gasteiger partial charge < -0.3 is 20.3 Å². The van der Waals surface area contributed by atoms with E-state index >= 15 is 0 Å². The van der Waals surface area contributed by atoms with Crippen molar-refractivity contribution in [3.8, 4) is 0 Å². The Hall–Kier alpha value is -1.40. The lowest BCUT2D eigenvalue weighted by Crippen LogP contribution is -2.40. The third-order valence-corrected chi connectivity index (χ3v) is 2.87. The summed E-state index contributed by atoms with van der Waals surface area (Å²) >= 11 is 0. The third kappa shape index (κ3) is 4.46. The Morgan fingerprint density at radius 3 is 2.50 bits per heavy atom. The van der Waals surface area contributed by atoms with Crippen molar-refractivity contribution in [3.05, 3.63) is 12.2 Å². The van der Waals surface area contributed by atoms with Crippen LogP contribution < -0.4 is 5.32 Å². The van der Waals surface area contributed by atoms with E-state index in [1.807, 2.05) is 6.08 Å². The lowest BCUT2D eigenvalue weighted by molar-refractivity contribution is -0.147. The predicted octanol–water partition coefficient (Wildman–Crippen LogP) is -0.221. The number of rotatable bonds is 7. The van der Waals surface area contributed by atoms with Gasteiger partial charge >= 0.3 is 5.97 Å². The van der Waals surface area contributed by atoms with Crippen LogP contribution in [0.15, 0.2) is 12.2 Å². The lowest BCUT2D eigenvalue weighted by Gasteiger charge is -2.24. The second-order valence-corrected chi connectivity index (χ2v) is 4.12. The monoisotopic (exact) mass is 257 g/mol. The summed E-state index contributed by atoms with van der Waals surface area (Å²) in [4.78, 5) is 22.9. The largest absolute Gasteiger partial charge is 0.481 e. The molecule has 0 unspecified atom stereocenters. The zero-order valence-corrected chi connectivity index (χ0v) is 10.2. The SMILES string of the molecule is O=C(O)[C@H]1CC=CC[C@H]1C(=O)NCCOCCO. The van der Waals surface area contributed by atoms with Gasteiger partial charge in [0.25, 0.3) is 0 Å². The number of nitrogens with one attached hydrogen (secondary N) is 1. The topological polar surface area (TPSA) is 95.9 Å². The van der Waals surface area contributed by atoms with E-state index in [-0.39, 0.29) is 19.1 Å². The summed E-state index contributed by atoms with van der Waals surface area (Å²) in [6.07, 6.45) is 4.49. The highest BCUT2D eigenvalue weighted by Gasteiger charge is 2.33. The van der Waals surface area contributed by atoms with Gasteiger partial charge in [-0.1, -0.05) is 12.2 Å². The molecule has 0 bridgehead atoms. The molecule has 1 amide bonds. The molecule has 0 fully saturated rings. The number of amides is 1. The molecule has 0 saturated carbocycles. The first kappa shape index (κ1) is 14.7. The zero-order valence-electron chi connectivity index (χ0n) is 10.2. The van der Waals surface area contributed by atoms with Gasteiger partial charge in [0.05, 0.1) is 31.7 Å². The van der Waals surface area contributed by atoms with Crippen molar-refractivity contribution in [3.63, 3.8) is 0 Å². The summed E-state index contributed by atoms with van der Waals surface area (Å²) < 4.78 is 5.00. The second-order valence-electron chi connectivity index (χ2n) is 4.12. The fraction of sp³-hybridized carbons (Fsp3) is 0.667. The first-order valence-corrected chi connectivity index (χ1v) is 6.01. The van der Waals surface area contributed by atoms with E-state index in [2.05, 4.69) is 5.32 Å². The molecule has 0 saturated heterocycles. The number of aliphatic hydroxyl groups is 1. The highest BCUT2D eigenvalue weighted by atomic mass is 16.5. The van der Waals surface area contributed by atoms with Crippen LogP contribution in [0.2, 0.25) is 0 Å². The van der Waals surface area contributed by atoms with E-state index in [0.717, 1.165) is 0 Å². The Labute approximate surface area is 106 Å². The Balaban J connectivity index is 2.35. The van der Waals surface area contributed by atoms with Crippen LogP contribution in [0.3, 0.4) is 0 Å². The van der Waals surface area contributed by atoms with Crippen molar-refractivity contribution in [2.75, 3.05) is 26.4 Å². The van der Waals surface area contributed by atoms with E-state index in [1.54, 1.807) is 6.08 Å². The average molecular weight is 257 g/mol. The minimum atomic E-state index is -0.934. The van der Waals surface area contributed by atoms with E-state index in [0.29, 0.717) is 26.0 Å². The Morgan fingerprint density at radius 2 is 1.89 bits per heavy atom. The standard InChI is InChI=1S/C12H19NO5/c14-6-8-18-7-5-13-11(15)9-3-1-2-4-10(9)12(16)17/h1-2,9-10,14H,3-8H2,(H,13,15)(H,16,17)/t9-,10+/m1/s1. The maximum Gasteiger partial charge on any atom is 0.307 e. The van der Waals surface area contributed by atoms with E-state index in [9.17, 15) is 9.59 Å². The second kappa shape index (κ2) is 7.84. The normalized spacial score (nSPS) is 22.7. The molecule has 0 aromatic carbocycles. The van der Waals surface area contributed by atoms with Crippen LogP contribution in [-0.4, -0.2) is 48.5 Å². The van der Waals surface area contributed by atoms with Gasteiger partial charge in [-0.05, 0) is 12.8 Å². The maximum atomic E-state index is 11.8. The zero-order chi connectivity index (χ0) is 13.4. The quantitative estimate of drug-likeness (QED) is 0.433. The van der Waals surface area contributed by atoms with Crippen molar-refractivity contribution in [1.29, 1.82) is 0 Å². The highest BCUT2D eigenvalue weighted by Crippen LogP contribution is 2.25. The molecule has 2 atom stereocenters. The summed E-state index contributed by atoms with van der Waals surface area (Å²) in [5, 5.41) is 20.2. The number of aliphatic hydroxyl groups excluding tert-OH is 1. The van der Waals surface area contributed by atoms with Gasteiger partial charge in [0.1, 0.15) is 0 Å². The van der Waals surface area contributed by atoms with Gasteiger partial charge in [-0.3, -0.25) is 9.59 Å². The molecule has 1 aliphatic rings. The summed E-state index contributed by atoms with van der Waals surface area (Å²) in [5.74, 6) is -2.34. The van der Waals surface area contributed by atoms with Gasteiger partial charge in [-0.15, -0.1) is 0 Å². The van der Waals surface area contributed by atoms with Crippen molar-refractivity contribution >= 4 is 11.9 Å². The molecule has 3 N–H and O–H groups in total. The number of ether oxygens (including phenoxy) is 1. The van der Waals surface area contributed by atoms with Crippen molar-refractivity contribution in [2.24, 2.45) is 11.8 Å².